The Labute approximate surface area is 95.2 Å². The van der Waals surface area contributed by atoms with Gasteiger partial charge in [0.1, 0.15) is 4.83 Å². The molecule has 3 heteroatoms. The first kappa shape index (κ1) is 13.9. The van der Waals surface area contributed by atoms with Gasteiger partial charge in [0.05, 0.1) is 0 Å². The van der Waals surface area contributed by atoms with Crippen molar-refractivity contribution in [1.29, 1.82) is 0 Å². The van der Waals surface area contributed by atoms with Gasteiger partial charge in [0, 0.05) is 0 Å². The average molecular weight is 265 g/mol. The summed E-state index contributed by atoms with van der Waals surface area (Å²) in [7, 11) is 0. The topological polar surface area (TPSA) is 37.3 Å². The third-order valence-electron chi connectivity index (χ3n) is 2.33. The summed E-state index contributed by atoms with van der Waals surface area (Å²) in [6.45, 7) is 2.21. The number of hydrogen-bond donors (Lipinski definition) is 1. The van der Waals surface area contributed by atoms with Crippen molar-refractivity contribution >= 4 is 21.9 Å². The maximum atomic E-state index is 10.5. The molecule has 14 heavy (non-hydrogen) atoms. The summed E-state index contributed by atoms with van der Waals surface area (Å²) in [5, 5.41) is 8.61. The molecule has 2 nitrogen and oxygen atoms in total. The summed E-state index contributed by atoms with van der Waals surface area (Å²) in [6, 6.07) is 0. The van der Waals surface area contributed by atoms with Gasteiger partial charge in [-0.25, -0.2) is 0 Å². The number of halogens is 1. The van der Waals surface area contributed by atoms with Crippen LogP contribution in [0.3, 0.4) is 0 Å². The fraction of sp³-hybridized carbons (Fsp3) is 0.909. The molecule has 0 saturated carbocycles. The standard InChI is InChI=1S/C11H21BrO2/c1-2-3-4-5-6-7-8-9-10(12)11(13)14/h10H,2-9H2,1H3,(H,13,14)/t10-/m1/s1. The minimum Gasteiger partial charge on any atom is -0.480 e. The Morgan fingerprint density at radius 3 is 2.14 bits per heavy atom. The number of alkyl halides is 1. The van der Waals surface area contributed by atoms with Crippen molar-refractivity contribution in [3.05, 3.63) is 0 Å². The normalized spacial score (nSPS) is 12.7. The van der Waals surface area contributed by atoms with Gasteiger partial charge in [0.15, 0.2) is 0 Å². The predicted octanol–water partition coefficient (Wildman–Crippen LogP) is 3.98. The van der Waals surface area contributed by atoms with Crippen LogP contribution in [-0.4, -0.2) is 15.9 Å². The van der Waals surface area contributed by atoms with Crippen molar-refractivity contribution in [3.8, 4) is 0 Å². The fourth-order valence-corrected chi connectivity index (χ4v) is 1.73. The first-order chi connectivity index (χ1) is 6.68. The summed E-state index contributed by atoms with van der Waals surface area (Å²) in [5.74, 6) is -0.740. The van der Waals surface area contributed by atoms with Crippen LogP contribution in [0.5, 0.6) is 0 Å². The van der Waals surface area contributed by atoms with Gasteiger partial charge in [-0.2, -0.15) is 0 Å². The summed E-state index contributed by atoms with van der Waals surface area (Å²) < 4.78 is 0. The minimum atomic E-state index is -0.740. The second-order valence-corrected chi connectivity index (χ2v) is 4.82. The van der Waals surface area contributed by atoms with Crippen LogP contribution in [0.4, 0.5) is 0 Å². The van der Waals surface area contributed by atoms with E-state index in [2.05, 4.69) is 22.9 Å². The molecule has 0 saturated heterocycles. The van der Waals surface area contributed by atoms with E-state index >= 15 is 0 Å². The molecule has 0 aliphatic heterocycles. The number of hydrogen-bond acceptors (Lipinski definition) is 1. The molecule has 0 bridgehead atoms. The van der Waals surface area contributed by atoms with Gasteiger partial charge in [-0.05, 0) is 6.42 Å². The summed E-state index contributed by atoms with van der Waals surface area (Å²) in [6.07, 6.45) is 9.43. The SMILES string of the molecule is CCCCCCCCC[C@@H](Br)C(=O)O. The Balaban J connectivity index is 3.09. The third kappa shape index (κ3) is 8.54. The Morgan fingerprint density at radius 1 is 1.14 bits per heavy atom. The van der Waals surface area contributed by atoms with Crippen molar-refractivity contribution in [3.63, 3.8) is 0 Å². The van der Waals surface area contributed by atoms with Gasteiger partial charge >= 0.3 is 5.97 Å². The molecule has 0 unspecified atom stereocenters. The van der Waals surface area contributed by atoms with Crippen LogP contribution < -0.4 is 0 Å². The lowest BCUT2D eigenvalue weighted by Gasteiger charge is -2.03. The van der Waals surface area contributed by atoms with Crippen LogP contribution in [0.2, 0.25) is 0 Å². The number of carboxylic acids is 1. The van der Waals surface area contributed by atoms with E-state index in [1.54, 1.807) is 0 Å². The largest absolute Gasteiger partial charge is 0.480 e. The fourth-order valence-electron chi connectivity index (χ4n) is 1.40. The van der Waals surface area contributed by atoms with E-state index in [1.165, 1.54) is 38.5 Å². The maximum absolute atomic E-state index is 10.5. The van der Waals surface area contributed by atoms with Gasteiger partial charge in [-0.3, -0.25) is 4.79 Å². The number of carboxylic acid groups (broad SMARTS) is 1. The molecule has 0 spiro atoms. The molecule has 0 fully saturated rings. The summed E-state index contributed by atoms with van der Waals surface area (Å²) in [5.41, 5.74) is 0. The van der Waals surface area contributed by atoms with Crippen LogP contribution in [0.15, 0.2) is 0 Å². The summed E-state index contributed by atoms with van der Waals surface area (Å²) >= 11 is 3.14. The average Bonchev–Trinajstić information content (AvgIpc) is 2.16. The third-order valence-corrected chi connectivity index (χ3v) is 3.18. The van der Waals surface area contributed by atoms with Gasteiger partial charge < -0.3 is 5.11 Å². The Kier molecular flexibility index (Phi) is 9.47. The van der Waals surface area contributed by atoms with E-state index in [0.717, 1.165) is 12.8 Å². The first-order valence-corrected chi connectivity index (χ1v) is 6.47. The highest BCUT2D eigenvalue weighted by atomic mass is 79.9. The Hall–Kier alpha value is -0.0500. The molecule has 0 rings (SSSR count). The van der Waals surface area contributed by atoms with Gasteiger partial charge in [0.2, 0.25) is 0 Å². The zero-order valence-corrected chi connectivity index (χ0v) is 10.6. The molecule has 0 aromatic carbocycles. The maximum Gasteiger partial charge on any atom is 0.317 e. The lowest BCUT2D eigenvalue weighted by Crippen LogP contribution is -2.11. The smallest absolute Gasteiger partial charge is 0.317 e. The second kappa shape index (κ2) is 9.50. The lowest BCUT2D eigenvalue weighted by atomic mass is 10.1. The Bertz CT molecular complexity index is 148. The van der Waals surface area contributed by atoms with E-state index in [-0.39, 0.29) is 4.83 Å². The van der Waals surface area contributed by atoms with Crippen LogP contribution in [-0.2, 0) is 4.79 Å². The molecule has 1 atom stereocenters. The van der Waals surface area contributed by atoms with E-state index in [4.69, 9.17) is 5.11 Å². The van der Waals surface area contributed by atoms with Gasteiger partial charge in [0.25, 0.3) is 0 Å². The number of rotatable bonds is 9. The zero-order chi connectivity index (χ0) is 10.8. The van der Waals surface area contributed by atoms with E-state index in [9.17, 15) is 4.79 Å². The molecular formula is C11H21BrO2. The summed E-state index contributed by atoms with van der Waals surface area (Å²) in [4.78, 5) is 10.1. The first-order valence-electron chi connectivity index (χ1n) is 5.55. The van der Waals surface area contributed by atoms with E-state index in [1.807, 2.05) is 0 Å². The lowest BCUT2D eigenvalue weighted by molar-refractivity contribution is -0.136. The van der Waals surface area contributed by atoms with Crippen LogP contribution >= 0.6 is 15.9 Å². The second-order valence-electron chi connectivity index (χ2n) is 3.72. The molecule has 0 aromatic rings. The highest BCUT2D eigenvalue weighted by Gasteiger charge is 2.11. The minimum absolute atomic E-state index is 0.349. The monoisotopic (exact) mass is 264 g/mol. The molecule has 0 radical (unpaired) electrons. The molecule has 0 heterocycles. The van der Waals surface area contributed by atoms with Crippen molar-refractivity contribution in [2.75, 3.05) is 0 Å². The quantitative estimate of drug-likeness (QED) is 0.506. The van der Waals surface area contributed by atoms with Crippen molar-refractivity contribution in [2.45, 2.75) is 63.1 Å². The Morgan fingerprint density at radius 2 is 1.64 bits per heavy atom. The predicted molar refractivity (Wildman–Crippen MR) is 63.0 cm³/mol. The zero-order valence-electron chi connectivity index (χ0n) is 8.97. The number of aliphatic carboxylic acids is 1. The molecule has 0 aromatic heterocycles. The molecule has 84 valence electrons. The van der Waals surface area contributed by atoms with Crippen LogP contribution in [0.1, 0.15) is 58.3 Å². The van der Waals surface area contributed by atoms with Crippen LogP contribution in [0, 0.1) is 0 Å². The number of carbonyl (C=O) groups is 1. The number of unbranched alkanes of at least 4 members (excludes halogenated alkanes) is 6. The van der Waals surface area contributed by atoms with E-state index < -0.39 is 5.97 Å². The van der Waals surface area contributed by atoms with E-state index in [0.29, 0.717) is 0 Å². The highest BCUT2D eigenvalue weighted by Crippen LogP contribution is 2.13. The molecule has 0 aliphatic carbocycles. The van der Waals surface area contributed by atoms with Gasteiger partial charge in [-0.1, -0.05) is 67.8 Å². The molecule has 0 amide bonds. The van der Waals surface area contributed by atoms with Crippen molar-refractivity contribution in [2.24, 2.45) is 0 Å². The van der Waals surface area contributed by atoms with Crippen molar-refractivity contribution < 1.29 is 9.90 Å². The van der Waals surface area contributed by atoms with Gasteiger partial charge in [-0.15, -0.1) is 0 Å². The molecule has 0 aliphatic rings. The van der Waals surface area contributed by atoms with Crippen molar-refractivity contribution in [1.82, 2.24) is 0 Å². The molecular weight excluding hydrogens is 244 g/mol. The molecule has 1 N–H and O–H groups in total. The highest BCUT2D eigenvalue weighted by molar-refractivity contribution is 9.10. The van der Waals surface area contributed by atoms with Crippen LogP contribution in [0.25, 0.3) is 0 Å².